The third-order valence-electron chi connectivity index (χ3n) is 2.77. The molecule has 0 bridgehead atoms. The first-order chi connectivity index (χ1) is 6.63. The fourth-order valence-corrected chi connectivity index (χ4v) is 3.10. The summed E-state index contributed by atoms with van der Waals surface area (Å²) in [5, 5.41) is 2.37. The third-order valence-corrected chi connectivity index (χ3v) is 4.11. The Morgan fingerprint density at radius 2 is 2.14 bits per heavy atom. The highest BCUT2D eigenvalue weighted by Crippen LogP contribution is 2.34. The molecular weight excluding hydrogens is 218 g/mol. The Hall–Kier alpha value is -0.380. The van der Waals surface area contributed by atoms with Crippen LogP contribution in [0.1, 0.15) is 35.4 Å². The Kier molecular flexibility index (Phi) is 2.64. The molecular formula is C10H12ClNOS. The number of ketones is 1. The molecule has 2 rings (SSSR count). The maximum Gasteiger partial charge on any atom is 0.194 e. The normalized spacial score (nSPS) is 19.9. The number of Topliss-reactive ketones (excluding diaryl/α,β-unsaturated/α-hetero) is 1. The van der Waals surface area contributed by atoms with E-state index in [1.54, 1.807) is 6.07 Å². The van der Waals surface area contributed by atoms with Crippen LogP contribution in [0.3, 0.4) is 0 Å². The van der Waals surface area contributed by atoms with Crippen molar-refractivity contribution in [2.75, 3.05) is 0 Å². The van der Waals surface area contributed by atoms with Crippen molar-refractivity contribution in [2.45, 2.75) is 31.2 Å². The summed E-state index contributed by atoms with van der Waals surface area (Å²) in [7, 11) is 0. The fourth-order valence-electron chi connectivity index (χ4n) is 1.91. The van der Waals surface area contributed by atoms with Gasteiger partial charge in [-0.25, -0.2) is 0 Å². The summed E-state index contributed by atoms with van der Waals surface area (Å²) in [5.41, 5.74) is 5.42. The number of rotatable bonds is 2. The maximum atomic E-state index is 12.1. The van der Waals surface area contributed by atoms with Crippen molar-refractivity contribution in [3.05, 3.63) is 21.3 Å². The van der Waals surface area contributed by atoms with E-state index in [4.69, 9.17) is 17.3 Å². The highest BCUT2D eigenvalue weighted by atomic mass is 35.5. The van der Waals surface area contributed by atoms with Crippen molar-refractivity contribution in [3.8, 4) is 0 Å². The van der Waals surface area contributed by atoms with Crippen molar-refractivity contribution < 1.29 is 4.79 Å². The largest absolute Gasteiger partial charge is 0.319 e. The smallest absolute Gasteiger partial charge is 0.194 e. The van der Waals surface area contributed by atoms with Crippen molar-refractivity contribution >= 4 is 28.7 Å². The van der Waals surface area contributed by atoms with Crippen molar-refractivity contribution in [1.82, 2.24) is 0 Å². The summed E-state index contributed by atoms with van der Waals surface area (Å²) in [4.78, 5) is 12.7. The first-order valence-corrected chi connectivity index (χ1v) is 5.96. The first-order valence-electron chi connectivity index (χ1n) is 4.70. The predicted octanol–water partition coefficient (Wildman–Crippen LogP) is 2.86. The lowest BCUT2D eigenvalue weighted by Crippen LogP contribution is -2.44. The average molecular weight is 230 g/mol. The molecule has 2 N–H and O–H groups in total. The number of hydrogen-bond acceptors (Lipinski definition) is 3. The number of halogens is 1. The van der Waals surface area contributed by atoms with Gasteiger partial charge in [0.05, 0.1) is 15.4 Å². The van der Waals surface area contributed by atoms with Gasteiger partial charge in [-0.1, -0.05) is 24.4 Å². The summed E-state index contributed by atoms with van der Waals surface area (Å²) < 4.78 is 0. The van der Waals surface area contributed by atoms with Crippen LogP contribution in [-0.4, -0.2) is 11.3 Å². The molecule has 1 heterocycles. The molecule has 0 spiro atoms. The van der Waals surface area contributed by atoms with E-state index < -0.39 is 5.54 Å². The lowest BCUT2D eigenvalue weighted by molar-refractivity contribution is 0.0896. The van der Waals surface area contributed by atoms with Crippen LogP contribution >= 0.6 is 22.9 Å². The molecule has 2 nitrogen and oxygen atoms in total. The van der Waals surface area contributed by atoms with Crippen LogP contribution in [0.2, 0.25) is 5.02 Å². The van der Waals surface area contributed by atoms with E-state index in [0.29, 0.717) is 9.90 Å². The summed E-state index contributed by atoms with van der Waals surface area (Å²) in [6, 6.07) is 1.75. The number of carbonyl (C=O) groups excluding carboxylic acids is 1. The second-order valence-electron chi connectivity index (χ2n) is 3.79. The Bertz CT molecular complexity index is 355. The van der Waals surface area contributed by atoms with Gasteiger partial charge in [0.25, 0.3) is 0 Å². The minimum absolute atomic E-state index is 0.0231. The van der Waals surface area contributed by atoms with Crippen LogP contribution in [0.4, 0.5) is 0 Å². The Morgan fingerprint density at radius 1 is 1.50 bits per heavy atom. The zero-order chi connectivity index (χ0) is 10.2. The van der Waals surface area contributed by atoms with Crippen LogP contribution < -0.4 is 5.73 Å². The second-order valence-corrected chi connectivity index (χ2v) is 5.11. The lowest BCUT2D eigenvalue weighted by atomic mass is 9.92. The van der Waals surface area contributed by atoms with Gasteiger partial charge in [-0.05, 0) is 24.3 Å². The Morgan fingerprint density at radius 3 is 2.64 bits per heavy atom. The molecule has 0 radical (unpaired) electrons. The molecule has 0 aromatic carbocycles. The van der Waals surface area contributed by atoms with Crippen LogP contribution in [0.15, 0.2) is 11.4 Å². The topological polar surface area (TPSA) is 43.1 Å². The molecule has 4 heteroatoms. The van der Waals surface area contributed by atoms with E-state index in [0.717, 1.165) is 25.7 Å². The molecule has 14 heavy (non-hydrogen) atoms. The molecule has 1 aromatic rings. The summed E-state index contributed by atoms with van der Waals surface area (Å²) in [6.45, 7) is 0. The molecule has 1 aromatic heterocycles. The molecule has 0 aliphatic heterocycles. The molecule has 0 atom stereocenters. The molecule has 1 saturated carbocycles. The first kappa shape index (κ1) is 10.1. The maximum absolute atomic E-state index is 12.1. The number of nitrogens with two attached hydrogens (primary N) is 1. The minimum Gasteiger partial charge on any atom is -0.319 e. The van der Waals surface area contributed by atoms with Gasteiger partial charge in [-0.15, -0.1) is 11.3 Å². The van der Waals surface area contributed by atoms with Gasteiger partial charge < -0.3 is 5.73 Å². The monoisotopic (exact) mass is 229 g/mol. The minimum atomic E-state index is -0.644. The van der Waals surface area contributed by atoms with Gasteiger partial charge >= 0.3 is 0 Å². The standard InChI is InChI=1S/C10H12ClNOS/c11-7-3-6-14-8(7)9(13)10(12)4-1-2-5-10/h3,6H,1-2,4-5,12H2. The summed E-state index contributed by atoms with van der Waals surface area (Å²) >= 11 is 7.29. The van der Waals surface area contributed by atoms with Crippen LogP contribution in [0.25, 0.3) is 0 Å². The summed E-state index contributed by atoms with van der Waals surface area (Å²) in [5.74, 6) is 0.0231. The van der Waals surface area contributed by atoms with Crippen LogP contribution in [0, 0.1) is 0 Å². The van der Waals surface area contributed by atoms with Crippen molar-refractivity contribution in [3.63, 3.8) is 0 Å². The molecule has 1 aliphatic carbocycles. The zero-order valence-corrected chi connectivity index (χ0v) is 9.33. The Balaban J connectivity index is 2.28. The molecule has 0 unspecified atom stereocenters. The van der Waals surface area contributed by atoms with Crippen LogP contribution in [0.5, 0.6) is 0 Å². The second kappa shape index (κ2) is 3.65. The number of hydrogen-bond donors (Lipinski definition) is 1. The van der Waals surface area contributed by atoms with E-state index in [1.165, 1.54) is 11.3 Å². The van der Waals surface area contributed by atoms with Gasteiger partial charge in [0.2, 0.25) is 0 Å². The van der Waals surface area contributed by atoms with Gasteiger partial charge in [0.15, 0.2) is 5.78 Å². The van der Waals surface area contributed by atoms with Crippen LogP contribution in [-0.2, 0) is 0 Å². The van der Waals surface area contributed by atoms with Gasteiger partial charge in [-0.3, -0.25) is 4.79 Å². The molecule has 0 saturated heterocycles. The lowest BCUT2D eigenvalue weighted by Gasteiger charge is -2.20. The molecule has 0 amide bonds. The van der Waals surface area contributed by atoms with Crippen molar-refractivity contribution in [1.29, 1.82) is 0 Å². The van der Waals surface area contributed by atoms with E-state index in [2.05, 4.69) is 0 Å². The van der Waals surface area contributed by atoms with E-state index >= 15 is 0 Å². The SMILES string of the molecule is NC1(C(=O)c2sccc2Cl)CCCC1. The fraction of sp³-hybridized carbons (Fsp3) is 0.500. The van der Waals surface area contributed by atoms with E-state index in [-0.39, 0.29) is 5.78 Å². The quantitative estimate of drug-likeness (QED) is 0.793. The van der Waals surface area contributed by atoms with Gasteiger partial charge in [0, 0.05) is 0 Å². The van der Waals surface area contributed by atoms with Gasteiger partial charge in [-0.2, -0.15) is 0 Å². The zero-order valence-electron chi connectivity index (χ0n) is 7.75. The molecule has 1 aliphatic rings. The number of carbonyl (C=O) groups is 1. The summed E-state index contributed by atoms with van der Waals surface area (Å²) in [6.07, 6.45) is 3.68. The highest BCUT2D eigenvalue weighted by molar-refractivity contribution is 7.12. The van der Waals surface area contributed by atoms with E-state index in [1.807, 2.05) is 5.38 Å². The predicted molar refractivity (Wildman–Crippen MR) is 59.0 cm³/mol. The van der Waals surface area contributed by atoms with Gasteiger partial charge in [0.1, 0.15) is 0 Å². The molecule has 76 valence electrons. The molecule has 1 fully saturated rings. The van der Waals surface area contributed by atoms with E-state index in [9.17, 15) is 4.79 Å². The number of thiophene rings is 1. The third kappa shape index (κ3) is 1.60. The van der Waals surface area contributed by atoms with Crippen molar-refractivity contribution in [2.24, 2.45) is 5.73 Å². The highest BCUT2D eigenvalue weighted by Gasteiger charge is 2.38. The average Bonchev–Trinajstić information content (AvgIpc) is 2.74. The Labute approximate surface area is 92.1 Å².